The lowest BCUT2D eigenvalue weighted by Crippen LogP contribution is -2.38. The Balaban J connectivity index is 1.67. The van der Waals surface area contributed by atoms with Gasteiger partial charge in [0.05, 0.1) is 17.8 Å². The minimum atomic E-state index is -0.321. The van der Waals surface area contributed by atoms with Crippen molar-refractivity contribution in [2.75, 3.05) is 0 Å². The summed E-state index contributed by atoms with van der Waals surface area (Å²) in [6.07, 6.45) is 6.04. The lowest BCUT2D eigenvalue weighted by Gasteiger charge is -2.35. The molecule has 156 valence electrons. The quantitative estimate of drug-likeness (QED) is 0.670. The predicted molar refractivity (Wildman–Crippen MR) is 110 cm³/mol. The monoisotopic (exact) mass is 409 g/mol. The van der Waals surface area contributed by atoms with Crippen LogP contribution in [0.5, 0.6) is 0 Å². The molecule has 1 unspecified atom stereocenters. The summed E-state index contributed by atoms with van der Waals surface area (Å²) in [6, 6.07) is 7.56. The SMILES string of the molecule is Cc1cc(=O)n(Cc2ncco2)c(C)c1C(=O)NC(c1cccc(F)c1)C1CCC1. The lowest BCUT2D eigenvalue weighted by atomic mass is 9.77. The topological polar surface area (TPSA) is 77.1 Å². The summed E-state index contributed by atoms with van der Waals surface area (Å²) in [7, 11) is 0. The van der Waals surface area contributed by atoms with Gasteiger partial charge in [0.1, 0.15) is 18.6 Å². The van der Waals surface area contributed by atoms with Gasteiger partial charge in [0, 0.05) is 11.8 Å². The number of halogens is 1. The molecule has 1 saturated carbocycles. The van der Waals surface area contributed by atoms with Gasteiger partial charge in [0.25, 0.3) is 11.5 Å². The summed E-state index contributed by atoms with van der Waals surface area (Å²) < 4.78 is 20.6. The molecule has 1 amide bonds. The Bertz CT molecular complexity index is 1120. The smallest absolute Gasteiger partial charge is 0.253 e. The highest BCUT2D eigenvalue weighted by molar-refractivity contribution is 5.97. The predicted octanol–water partition coefficient (Wildman–Crippen LogP) is 3.91. The third-order valence-electron chi connectivity index (χ3n) is 5.89. The molecule has 1 N–H and O–H groups in total. The van der Waals surface area contributed by atoms with Crippen molar-refractivity contribution in [1.29, 1.82) is 0 Å². The second kappa shape index (κ2) is 8.26. The van der Waals surface area contributed by atoms with Crippen LogP contribution in [-0.2, 0) is 6.54 Å². The molecule has 0 saturated heterocycles. The summed E-state index contributed by atoms with van der Waals surface area (Å²) >= 11 is 0. The highest BCUT2D eigenvalue weighted by Gasteiger charge is 2.31. The maximum atomic E-state index is 13.8. The van der Waals surface area contributed by atoms with E-state index in [1.165, 1.54) is 35.2 Å². The van der Waals surface area contributed by atoms with Gasteiger partial charge in [-0.25, -0.2) is 9.37 Å². The summed E-state index contributed by atoms with van der Waals surface area (Å²) in [6.45, 7) is 3.64. The van der Waals surface area contributed by atoms with Crippen molar-refractivity contribution in [3.05, 3.63) is 87.2 Å². The standard InChI is InChI=1S/C23H24FN3O3/c1-14-11-20(28)27(13-19-25-9-10-30-19)15(2)21(14)23(29)26-22(16-5-3-6-16)17-7-4-8-18(24)12-17/h4,7-12,16,22H,3,5-6,13H2,1-2H3,(H,26,29). The van der Waals surface area contributed by atoms with Gasteiger partial charge in [0.15, 0.2) is 0 Å². The second-order valence-corrected chi connectivity index (χ2v) is 7.84. The average Bonchev–Trinajstić information content (AvgIpc) is 3.16. The molecule has 1 aliphatic rings. The molecule has 4 rings (SSSR count). The molecule has 30 heavy (non-hydrogen) atoms. The molecule has 0 radical (unpaired) electrons. The maximum Gasteiger partial charge on any atom is 0.253 e. The number of oxazole rings is 1. The molecule has 3 aromatic rings. The number of aromatic nitrogens is 2. The zero-order chi connectivity index (χ0) is 21.3. The molecule has 1 aromatic carbocycles. The van der Waals surface area contributed by atoms with Crippen molar-refractivity contribution in [3.63, 3.8) is 0 Å². The summed E-state index contributed by atoms with van der Waals surface area (Å²) in [5.74, 6) is 0.0716. The molecular weight excluding hydrogens is 385 g/mol. The van der Waals surface area contributed by atoms with Crippen LogP contribution >= 0.6 is 0 Å². The number of hydrogen-bond acceptors (Lipinski definition) is 4. The number of hydrogen-bond donors (Lipinski definition) is 1. The normalized spacial score (nSPS) is 14.9. The van der Waals surface area contributed by atoms with Crippen LogP contribution in [0.4, 0.5) is 4.39 Å². The van der Waals surface area contributed by atoms with E-state index in [2.05, 4.69) is 10.3 Å². The van der Waals surface area contributed by atoms with E-state index in [9.17, 15) is 14.0 Å². The van der Waals surface area contributed by atoms with E-state index in [4.69, 9.17) is 4.42 Å². The fraction of sp³-hybridized carbons (Fsp3) is 0.348. The number of pyridine rings is 1. The first kappa shape index (κ1) is 20.1. The number of amides is 1. The van der Waals surface area contributed by atoms with E-state index < -0.39 is 0 Å². The van der Waals surface area contributed by atoms with E-state index in [0.717, 1.165) is 24.8 Å². The molecule has 6 nitrogen and oxygen atoms in total. The van der Waals surface area contributed by atoms with E-state index in [0.29, 0.717) is 22.7 Å². The Hall–Kier alpha value is -3.22. The number of aryl methyl sites for hydroxylation is 1. The van der Waals surface area contributed by atoms with Gasteiger partial charge in [-0.2, -0.15) is 0 Å². The van der Waals surface area contributed by atoms with Crippen LogP contribution in [0.2, 0.25) is 0 Å². The van der Waals surface area contributed by atoms with Crippen molar-refractivity contribution < 1.29 is 13.6 Å². The van der Waals surface area contributed by atoms with Crippen LogP contribution in [0.15, 0.2) is 52.0 Å². The molecule has 2 heterocycles. The Morgan fingerprint density at radius 1 is 1.33 bits per heavy atom. The Morgan fingerprint density at radius 2 is 2.13 bits per heavy atom. The molecule has 7 heteroatoms. The summed E-state index contributed by atoms with van der Waals surface area (Å²) in [4.78, 5) is 29.9. The first-order valence-corrected chi connectivity index (χ1v) is 10.1. The van der Waals surface area contributed by atoms with E-state index in [1.54, 1.807) is 19.9 Å². The number of carbonyl (C=O) groups excluding carboxylic acids is 1. The van der Waals surface area contributed by atoms with Crippen LogP contribution in [0.1, 0.15) is 58.4 Å². The zero-order valence-electron chi connectivity index (χ0n) is 17.0. The van der Waals surface area contributed by atoms with Gasteiger partial charge >= 0.3 is 0 Å². The molecule has 1 fully saturated rings. The average molecular weight is 409 g/mol. The van der Waals surface area contributed by atoms with Gasteiger partial charge in [0.2, 0.25) is 5.89 Å². The molecule has 0 aliphatic heterocycles. The van der Waals surface area contributed by atoms with Crippen LogP contribution in [0, 0.1) is 25.6 Å². The fourth-order valence-electron chi connectivity index (χ4n) is 4.09. The number of rotatable bonds is 6. The van der Waals surface area contributed by atoms with Crippen LogP contribution in [0.3, 0.4) is 0 Å². The molecule has 0 bridgehead atoms. The number of benzene rings is 1. The highest BCUT2D eigenvalue weighted by Crippen LogP contribution is 2.38. The van der Waals surface area contributed by atoms with E-state index >= 15 is 0 Å². The van der Waals surface area contributed by atoms with Gasteiger partial charge < -0.3 is 14.3 Å². The summed E-state index contributed by atoms with van der Waals surface area (Å²) in [5.41, 5.74) is 2.13. The molecule has 1 aliphatic carbocycles. The molecule has 0 spiro atoms. The van der Waals surface area contributed by atoms with Crippen LogP contribution in [-0.4, -0.2) is 15.5 Å². The van der Waals surface area contributed by atoms with Crippen molar-refractivity contribution in [2.24, 2.45) is 5.92 Å². The Labute approximate surface area is 173 Å². The second-order valence-electron chi connectivity index (χ2n) is 7.84. The minimum absolute atomic E-state index is 0.147. The molecule has 1 atom stereocenters. The fourth-order valence-corrected chi connectivity index (χ4v) is 4.09. The largest absolute Gasteiger partial charge is 0.447 e. The Kier molecular flexibility index (Phi) is 5.53. The van der Waals surface area contributed by atoms with Crippen molar-refractivity contribution in [1.82, 2.24) is 14.9 Å². The highest BCUT2D eigenvalue weighted by atomic mass is 19.1. The molecular formula is C23H24FN3O3. The van der Waals surface area contributed by atoms with Crippen molar-refractivity contribution in [3.8, 4) is 0 Å². The van der Waals surface area contributed by atoms with Crippen LogP contribution < -0.4 is 10.9 Å². The van der Waals surface area contributed by atoms with Crippen LogP contribution in [0.25, 0.3) is 0 Å². The first-order valence-electron chi connectivity index (χ1n) is 10.1. The Morgan fingerprint density at radius 3 is 2.77 bits per heavy atom. The third-order valence-corrected chi connectivity index (χ3v) is 5.89. The van der Waals surface area contributed by atoms with Gasteiger partial charge in [-0.1, -0.05) is 18.6 Å². The van der Waals surface area contributed by atoms with Gasteiger partial charge in [-0.3, -0.25) is 9.59 Å². The number of nitrogens with one attached hydrogen (secondary N) is 1. The lowest BCUT2D eigenvalue weighted by molar-refractivity contribution is 0.0898. The van der Waals surface area contributed by atoms with E-state index in [1.807, 2.05) is 6.07 Å². The third kappa shape index (κ3) is 3.92. The number of nitrogens with zero attached hydrogens (tertiary/aromatic N) is 2. The zero-order valence-corrected chi connectivity index (χ0v) is 17.0. The van der Waals surface area contributed by atoms with Gasteiger partial charge in [-0.05, 0) is 55.9 Å². The van der Waals surface area contributed by atoms with E-state index in [-0.39, 0.29) is 35.8 Å². The maximum absolute atomic E-state index is 13.8. The minimum Gasteiger partial charge on any atom is -0.447 e. The van der Waals surface area contributed by atoms with Gasteiger partial charge in [-0.15, -0.1) is 0 Å². The number of carbonyl (C=O) groups is 1. The van der Waals surface area contributed by atoms with Crippen molar-refractivity contribution >= 4 is 5.91 Å². The van der Waals surface area contributed by atoms with Crippen molar-refractivity contribution in [2.45, 2.75) is 45.7 Å². The summed E-state index contributed by atoms with van der Waals surface area (Å²) in [5, 5.41) is 3.11. The molecule has 2 aromatic heterocycles. The first-order chi connectivity index (χ1) is 14.4.